The van der Waals surface area contributed by atoms with Crippen molar-refractivity contribution in [1.29, 1.82) is 0 Å². The topological polar surface area (TPSA) is 93.7 Å². The molecule has 0 heterocycles. The number of benzene rings is 3. The van der Waals surface area contributed by atoms with E-state index < -0.39 is 28.4 Å². The zero-order valence-electron chi connectivity index (χ0n) is 16.0. The van der Waals surface area contributed by atoms with Crippen molar-refractivity contribution in [2.75, 3.05) is 23.8 Å². The Morgan fingerprint density at radius 3 is 2.23 bits per heavy atom. The molecule has 0 fully saturated rings. The Bertz CT molecular complexity index is 1130. The minimum absolute atomic E-state index is 0.00834. The summed E-state index contributed by atoms with van der Waals surface area (Å²) in [5.41, 5.74) is 0.677. The standard InChI is InChI=1S/C21H19FN2O5S/c1-28-20-9-5-3-7-18(20)24-30(26,27)16-12-10-15(11-13-16)23-21(25)14-29-19-8-4-2-6-17(19)22/h2-13,24H,14H2,1H3,(H,23,25). The highest BCUT2D eigenvalue weighted by molar-refractivity contribution is 7.92. The molecule has 3 rings (SSSR count). The second kappa shape index (κ2) is 9.27. The van der Waals surface area contributed by atoms with Crippen LogP contribution in [0, 0.1) is 5.82 Å². The molecular formula is C21H19FN2O5S. The molecule has 0 atom stereocenters. The second-order valence-corrected chi connectivity index (χ2v) is 7.78. The second-order valence-electron chi connectivity index (χ2n) is 6.10. The Morgan fingerprint density at radius 1 is 0.933 bits per heavy atom. The van der Waals surface area contributed by atoms with E-state index in [1.54, 1.807) is 30.3 Å². The SMILES string of the molecule is COc1ccccc1NS(=O)(=O)c1ccc(NC(=O)COc2ccccc2F)cc1. The first-order valence-corrected chi connectivity index (χ1v) is 10.3. The Balaban J connectivity index is 1.62. The van der Waals surface area contributed by atoms with E-state index in [9.17, 15) is 17.6 Å². The van der Waals surface area contributed by atoms with Crippen LogP contribution in [0.25, 0.3) is 0 Å². The number of hydrogen-bond donors (Lipinski definition) is 2. The van der Waals surface area contributed by atoms with Gasteiger partial charge in [0, 0.05) is 5.69 Å². The van der Waals surface area contributed by atoms with Crippen LogP contribution in [0.1, 0.15) is 0 Å². The number of nitrogens with one attached hydrogen (secondary N) is 2. The van der Waals surface area contributed by atoms with Gasteiger partial charge in [0.15, 0.2) is 18.2 Å². The minimum atomic E-state index is -3.85. The number of sulfonamides is 1. The first-order valence-electron chi connectivity index (χ1n) is 8.82. The van der Waals surface area contributed by atoms with Crippen LogP contribution in [0.4, 0.5) is 15.8 Å². The van der Waals surface area contributed by atoms with Gasteiger partial charge in [0.1, 0.15) is 5.75 Å². The third-order valence-electron chi connectivity index (χ3n) is 4.00. The van der Waals surface area contributed by atoms with Crippen LogP contribution in [-0.4, -0.2) is 28.0 Å². The fourth-order valence-corrected chi connectivity index (χ4v) is 3.62. The first kappa shape index (κ1) is 21.1. The minimum Gasteiger partial charge on any atom is -0.495 e. The van der Waals surface area contributed by atoms with Gasteiger partial charge in [-0.15, -0.1) is 0 Å². The molecule has 0 aliphatic heterocycles. The van der Waals surface area contributed by atoms with Gasteiger partial charge >= 0.3 is 0 Å². The summed E-state index contributed by atoms with van der Waals surface area (Å²) < 4.78 is 51.4. The fourth-order valence-electron chi connectivity index (χ4n) is 2.55. The van der Waals surface area contributed by atoms with Gasteiger partial charge in [-0.05, 0) is 48.5 Å². The van der Waals surface area contributed by atoms with E-state index >= 15 is 0 Å². The molecule has 3 aromatic carbocycles. The monoisotopic (exact) mass is 430 g/mol. The molecule has 0 saturated heterocycles. The van der Waals surface area contributed by atoms with Crippen LogP contribution in [0.3, 0.4) is 0 Å². The quantitative estimate of drug-likeness (QED) is 0.569. The molecule has 0 spiro atoms. The van der Waals surface area contributed by atoms with Gasteiger partial charge in [-0.3, -0.25) is 9.52 Å². The highest BCUT2D eigenvalue weighted by Crippen LogP contribution is 2.26. The molecule has 3 aromatic rings. The number of carbonyl (C=O) groups is 1. The maximum absolute atomic E-state index is 13.5. The molecule has 0 aliphatic carbocycles. The van der Waals surface area contributed by atoms with Crippen LogP contribution in [0.2, 0.25) is 0 Å². The maximum Gasteiger partial charge on any atom is 0.262 e. The third kappa shape index (κ3) is 5.26. The molecule has 156 valence electrons. The summed E-state index contributed by atoms with van der Waals surface area (Å²) in [6, 6.07) is 18.0. The molecule has 7 nitrogen and oxygen atoms in total. The zero-order valence-corrected chi connectivity index (χ0v) is 16.8. The Labute approximate surface area is 173 Å². The lowest BCUT2D eigenvalue weighted by molar-refractivity contribution is -0.118. The Hall–Kier alpha value is -3.59. The lowest BCUT2D eigenvalue weighted by Gasteiger charge is -2.12. The van der Waals surface area contributed by atoms with Gasteiger partial charge in [0.05, 0.1) is 17.7 Å². The lowest BCUT2D eigenvalue weighted by atomic mass is 10.3. The number of carbonyl (C=O) groups excluding carboxylic acids is 1. The number of ether oxygens (including phenoxy) is 2. The molecule has 0 aliphatic rings. The Morgan fingerprint density at radius 2 is 1.57 bits per heavy atom. The number of halogens is 1. The zero-order chi connectivity index (χ0) is 21.6. The number of methoxy groups -OCH3 is 1. The average Bonchev–Trinajstić information content (AvgIpc) is 2.74. The molecule has 0 aromatic heterocycles. The molecule has 0 bridgehead atoms. The average molecular weight is 430 g/mol. The summed E-state index contributed by atoms with van der Waals surface area (Å²) in [7, 11) is -2.41. The van der Waals surface area contributed by atoms with Crippen LogP contribution in [0.5, 0.6) is 11.5 Å². The van der Waals surface area contributed by atoms with E-state index in [0.717, 1.165) is 0 Å². The normalized spacial score (nSPS) is 10.9. The van der Waals surface area contributed by atoms with Crippen LogP contribution in [0.15, 0.2) is 77.7 Å². The van der Waals surface area contributed by atoms with Crippen molar-refractivity contribution in [3.05, 3.63) is 78.6 Å². The van der Waals surface area contributed by atoms with Crippen molar-refractivity contribution in [2.45, 2.75) is 4.90 Å². The van der Waals surface area contributed by atoms with Crippen molar-refractivity contribution in [3.63, 3.8) is 0 Å². The van der Waals surface area contributed by atoms with Crippen molar-refractivity contribution < 1.29 is 27.1 Å². The van der Waals surface area contributed by atoms with E-state index in [1.807, 2.05) is 0 Å². The summed E-state index contributed by atoms with van der Waals surface area (Å²) in [6.45, 7) is -0.393. The molecule has 30 heavy (non-hydrogen) atoms. The molecule has 0 saturated carbocycles. The van der Waals surface area contributed by atoms with Crippen LogP contribution >= 0.6 is 0 Å². The predicted octanol–water partition coefficient (Wildman–Crippen LogP) is 3.65. The van der Waals surface area contributed by atoms with E-state index in [4.69, 9.17) is 9.47 Å². The van der Waals surface area contributed by atoms with Crippen molar-refractivity contribution in [3.8, 4) is 11.5 Å². The molecular weight excluding hydrogens is 411 g/mol. The van der Waals surface area contributed by atoms with E-state index in [0.29, 0.717) is 17.1 Å². The van der Waals surface area contributed by atoms with Gasteiger partial charge in [-0.25, -0.2) is 12.8 Å². The van der Waals surface area contributed by atoms with E-state index in [1.165, 1.54) is 49.6 Å². The summed E-state index contributed by atoms with van der Waals surface area (Å²) >= 11 is 0. The summed E-state index contributed by atoms with van der Waals surface area (Å²) in [6.07, 6.45) is 0. The summed E-state index contributed by atoms with van der Waals surface area (Å²) in [4.78, 5) is 12.0. The summed E-state index contributed by atoms with van der Waals surface area (Å²) in [5, 5.41) is 2.56. The maximum atomic E-state index is 13.5. The molecule has 0 radical (unpaired) electrons. The predicted molar refractivity (Wildman–Crippen MR) is 111 cm³/mol. The molecule has 9 heteroatoms. The fraction of sp³-hybridized carbons (Fsp3) is 0.0952. The number of para-hydroxylation sites is 3. The highest BCUT2D eigenvalue weighted by atomic mass is 32.2. The molecule has 0 unspecified atom stereocenters. The van der Waals surface area contributed by atoms with E-state index in [2.05, 4.69) is 10.0 Å². The van der Waals surface area contributed by atoms with E-state index in [-0.39, 0.29) is 10.6 Å². The Kier molecular flexibility index (Phi) is 6.53. The largest absolute Gasteiger partial charge is 0.495 e. The van der Waals surface area contributed by atoms with Gasteiger partial charge in [-0.2, -0.15) is 0 Å². The number of amides is 1. The lowest BCUT2D eigenvalue weighted by Crippen LogP contribution is -2.20. The first-order chi connectivity index (χ1) is 14.4. The van der Waals surface area contributed by atoms with Crippen molar-refractivity contribution in [2.24, 2.45) is 0 Å². The van der Waals surface area contributed by atoms with Gasteiger partial charge in [-0.1, -0.05) is 24.3 Å². The van der Waals surface area contributed by atoms with Crippen LogP contribution in [-0.2, 0) is 14.8 Å². The number of hydrogen-bond acceptors (Lipinski definition) is 5. The third-order valence-corrected chi connectivity index (χ3v) is 5.38. The molecule has 1 amide bonds. The van der Waals surface area contributed by atoms with Gasteiger partial charge < -0.3 is 14.8 Å². The number of rotatable bonds is 8. The number of anilines is 2. The van der Waals surface area contributed by atoms with Crippen LogP contribution < -0.4 is 19.5 Å². The highest BCUT2D eigenvalue weighted by Gasteiger charge is 2.16. The van der Waals surface area contributed by atoms with Crippen molar-refractivity contribution in [1.82, 2.24) is 0 Å². The molecule has 2 N–H and O–H groups in total. The van der Waals surface area contributed by atoms with Crippen molar-refractivity contribution >= 4 is 27.3 Å². The smallest absolute Gasteiger partial charge is 0.262 e. The summed E-state index contributed by atoms with van der Waals surface area (Å²) in [5.74, 6) is -0.722. The van der Waals surface area contributed by atoms with Gasteiger partial charge in [0.2, 0.25) is 0 Å². The van der Waals surface area contributed by atoms with Gasteiger partial charge in [0.25, 0.3) is 15.9 Å².